The molecule has 1 aliphatic heterocycles. The maximum atomic E-state index is 12.6. The topological polar surface area (TPSA) is 45.2 Å². The van der Waals surface area contributed by atoms with Crippen molar-refractivity contribution in [2.24, 2.45) is 0 Å². The average molecular weight is 327 g/mol. The molecule has 0 aliphatic carbocycles. The van der Waals surface area contributed by atoms with Gasteiger partial charge in [0.05, 0.1) is 16.9 Å². The summed E-state index contributed by atoms with van der Waals surface area (Å²) in [6, 6.07) is 11.7. The first-order chi connectivity index (χ1) is 11.3. The third kappa shape index (κ3) is 3.67. The van der Waals surface area contributed by atoms with E-state index in [0.717, 1.165) is 29.5 Å². The number of hydrogen-bond donors (Lipinski definition) is 1. The fraction of sp³-hybridized carbons (Fsp3) is 0.333. The van der Waals surface area contributed by atoms with Gasteiger partial charge in [-0.05, 0) is 49.8 Å². The van der Waals surface area contributed by atoms with Crippen molar-refractivity contribution in [2.45, 2.75) is 24.3 Å². The van der Waals surface area contributed by atoms with Crippen LogP contribution in [0.4, 0.5) is 11.4 Å². The number of aromatic nitrogens is 1. The average Bonchev–Trinajstić information content (AvgIpc) is 2.63. The van der Waals surface area contributed by atoms with Gasteiger partial charge in [-0.15, -0.1) is 11.8 Å². The summed E-state index contributed by atoms with van der Waals surface area (Å²) in [6.45, 7) is 2.10. The predicted octanol–water partition coefficient (Wildman–Crippen LogP) is 4.05. The van der Waals surface area contributed by atoms with Gasteiger partial charge < -0.3 is 10.2 Å². The molecule has 5 heteroatoms. The number of nitrogens with one attached hydrogen (secondary N) is 1. The second kappa shape index (κ2) is 7.51. The molecular weight excluding hydrogens is 306 g/mol. The molecule has 3 rings (SSSR count). The van der Waals surface area contributed by atoms with Crippen molar-refractivity contribution in [1.29, 1.82) is 0 Å². The third-order valence-electron chi connectivity index (χ3n) is 4.06. The van der Waals surface area contributed by atoms with E-state index in [9.17, 15) is 4.79 Å². The number of thioether (sulfide) groups is 1. The predicted molar refractivity (Wildman–Crippen MR) is 96.5 cm³/mol. The van der Waals surface area contributed by atoms with Gasteiger partial charge in [0.2, 0.25) is 0 Å². The van der Waals surface area contributed by atoms with Crippen molar-refractivity contribution in [2.75, 3.05) is 29.6 Å². The summed E-state index contributed by atoms with van der Waals surface area (Å²) in [7, 11) is 0. The van der Waals surface area contributed by atoms with Gasteiger partial charge >= 0.3 is 0 Å². The number of rotatable bonds is 4. The number of para-hydroxylation sites is 2. The van der Waals surface area contributed by atoms with E-state index in [1.165, 1.54) is 31.0 Å². The van der Waals surface area contributed by atoms with Gasteiger partial charge in [0, 0.05) is 19.3 Å². The molecule has 1 amide bonds. The smallest absolute Gasteiger partial charge is 0.258 e. The second-order valence-corrected chi connectivity index (χ2v) is 6.37. The molecule has 0 atom stereocenters. The van der Waals surface area contributed by atoms with E-state index in [0.29, 0.717) is 5.56 Å². The Morgan fingerprint density at radius 1 is 1.13 bits per heavy atom. The largest absolute Gasteiger partial charge is 0.370 e. The van der Waals surface area contributed by atoms with Gasteiger partial charge in [-0.3, -0.25) is 4.79 Å². The number of piperidine rings is 1. The Bertz CT molecular complexity index is 683. The van der Waals surface area contributed by atoms with Crippen LogP contribution in [0.1, 0.15) is 29.6 Å². The Hall–Kier alpha value is -2.01. The fourth-order valence-electron chi connectivity index (χ4n) is 2.91. The second-order valence-electron chi connectivity index (χ2n) is 5.58. The lowest BCUT2D eigenvalue weighted by molar-refractivity contribution is 0.102. The first-order valence-corrected chi connectivity index (χ1v) is 9.16. The number of nitrogens with zero attached hydrogens (tertiary/aromatic N) is 2. The van der Waals surface area contributed by atoms with Crippen LogP contribution in [0, 0.1) is 0 Å². The molecule has 0 unspecified atom stereocenters. The van der Waals surface area contributed by atoms with Gasteiger partial charge in [0.25, 0.3) is 5.91 Å². The zero-order valence-corrected chi connectivity index (χ0v) is 14.1. The lowest BCUT2D eigenvalue weighted by atomic mass is 10.1. The van der Waals surface area contributed by atoms with Crippen LogP contribution in [0.25, 0.3) is 0 Å². The normalized spacial score (nSPS) is 14.6. The minimum absolute atomic E-state index is 0.105. The summed E-state index contributed by atoms with van der Waals surface area (Å²) in [5, 5.41) is 3.82. The number of carbonyl (C=O) groups is 1. The van der Waals surface area contributed by atoms with E-state index in [2.05, 4.69) is 21.3 Å². The van der Waals surface area contributed by atoms with Crippen molar-refractivity contribution < 1.29 is 4.79 Å². The van der Waals surface area contributed by atoms with Crippen LogP contribution in [0.3, 0.4) is 0 Å². The molecule has 23 heavy (non-hydrogen) atoms. The summed E-state index contributed by atoms with van der Waals surface area (Å²) >= 11 is 1.48. The molecule has 120 valence electrons. The summed E-state index contributed by atoms with van der Waals surface area (Å²) in [4.78, 5) is 19.3. The zero-order chi connectivity index (χ0) is 16.1. The zero-order valence-electron chi connectivity index (χ0n) is 13.3. The SMILES string of the molecule is CSc1ncccc1C(=O)Nc1ccccc1N1CCCCC1. The lowest BCUT2D eigenvalue weighted by Gasteiger charge is -2.30. The molecule has 1 fully saturated rings. The highest BCUT2D eigenvalue weighted by molar-refractivity contribution is 7.98. The highest BCUT2D eigenvalue weighted by Crippen LogP contribution is 2.29. The van der Waals surface area contributed by atoms with E-state index < -0.39 is 0 Å². The Balaban J connectivity index is 1.84. The van der Waals surface area contributed by atoms with Crippen molar-refractivity contribution >= 4 is 29.0 Å². The molecule has 2 heterocycles. The highest BCUT2D eigenvalue weighted by atomic mass is 32.2. The molecule has 0 saturated carbocycles. The highest BCUT2D eigenvalue weighted by Gasteiger charge is 2.17. The van der Waals surface area contributed by atoms with Crippen LogP contribution in [-0.4, -0.2) is 30.2 Å². The summed E-state index contributed by atoms with van der Waals surface area (Å²) in [6.07, 6.45) is 7.35. The van der Waals surface area contributed by atoms with Crippen LogP contribution in [0.2, 0.25) is 0 Å². The molecule has 0 bridgehead atoms. The Kier molecular flexibility index (Phi) is 5.18. The van der Waals surface area contributed by atoms with Crippen LogP contribution < -0.4 is 10.2 Å². The number of pyridine rings is 1. The molecule has 1 N–H and O–H groups in total. The third-order valence-corrected chi connectivity index (χ3v) is 4.77. The van der Waals surface area contributed by atoms with Crippen molar-refractivity contribution in [3.8, 4) is 0 Å². The summed E-state index contributed by atoms with van der Waals surface area (Å²) < 4.78 is 0. The van der Waals surface area contributed by atoms with Crippen LogP contribution in [0.5, 0.6) is 0 Å². The van der Waals surface area contributed by atoms with Crippen LogP contribution in [0.15, 0.2) is 47.6 Å². The molecule has 0 radical (unpaired) electrons. The number of amides is 1. The van der Waals surface area contributed by atoms with E-state index in [1.54, 1.807) is 12.3 Å². The van der Waals surface area contributed by atoms with Crippen LogP contribution >= 0.6 is 11.8 Å². The number of carbonyl (C=O) groups excluding carboxylic acids is 1. The van der Waals surface area contributed by atoms with Crippen LogP contribution in [-0.2, 0) is 0 Å². The minimum atomic E-state index is -0.105. The van der Waals surface area contributed by atoms with E-state index in [1.807, 2.05) is 30.5 Å². The van der Waals surface area contributed by atoms with E-state index in [-0.39, 0.29) is 5.91 Å². The number of anilines is 2. The first kappa shape index (κ1) is 15.9. The number of hydrogen-bond acceptors (Lipinski definition) is 4. The Morgan fingerprint density at radius 2 is 1.91 bits per heavy atom. The lowest BCUT2D eigenvalue weighted by Crippen LogP contribution is -2.30. The molecule has 1 saturated heterocycles. The molecule has 0 spiro atoms. The monoisotopic (exact) mass is 327 g/mol. The van der Waals surface area contributed by atoms with Crippen molar-refractivity contribution in [3.63, 3.8) is 0 Å². The van der Waals surface area contributed by atoms with Gasteiger partial charge in [-0.1, -0.05) is 12.1 Å². The van der Waals surface area contributed by atoms with Crippen molar-refractivity contribution in [1.82, 2.24) is 4.98 Å². The fourth-order valence-corrected chi connectivity index (χ4v) is 3.45. The number of benzene rings is 1. The Morgan fingerprint density at radius 3 is 2.70 bits per heavy atom. The molecule has 1 aromatic heterocycles. The Labute approximate surface area is 141 Å². The molecule has 2 aromatic rings. The van der Waals surface area contributed by atoms with E-state index in [4.69, 9.17) is 0 Å². The summed E-state index contributed by atoms with van der Waals surface area (Å²) in [5.74, 6) is -0.105. The summed E-state index contributed by atoms with van der Waals surface area (Å²) in [5.41, 5.74) is 2.60. The quantitative estimate of drug-likeness (QED) is 0.861. The van der Waals surface area contributed by atoms with Gasteiger partial charge in [0.15, 0.2) is 0 Å². The molecule has 4 nitrogen and oxygen atoms in total. The molecule has 1 aliphatic rings. The van der Waals surface area contributed by atoms with E-state index >= 15 is 0 Å². The standard InChI is InChI=1S/C18H21N3OS/c1-23-18-14(8-7-11-19-18)17(22)20-15-9-3-4-10-16(15)21-12-5-2-6-13-21/h3-4,7-11H,2,5-6,12-13H2,1H3,(H,20,22). The first-order valence-electron chi connectivity index (χ1n) is 7.94. The van der Waals surface area contributed by atoms with Gasteiger partial charge in [-0.2, -0.15) is 0 Å². The minimum Gasteiger partial charge on any atom is -0.370 e. The van der Waals surface area contributed by atoms with Gasteiger partial charge in [0.1, 0.15) is 5.03 Å². The van der Waals surface area contributed by atoms with Crippen molar-refractivity contribution in [3.05, 3.63) is 48.2 Å². The van der Waals surface area contributed by atoms with Gasteiger partial charge in [-0.25, -0.2) is 4.98 Å². The maximum Gasteiger partial charge on any atom is 0.258 e. The maximum absolute atomic E-state index is 12.6. The molecule has 1 aromatic carbocycles. The molecular formula is C18H21N3OS.